The highest BCUT2D eigenvalue weighted by atomic mass is 32.1. The fourth-order valence-electron chi connectivity index (χ4n) is 3.53. The van der Waals surface area contributed by atoms with Crippen molar-refractivity contribution in [3.63, 3.8) is 0 Å². The molecular formula is C23H19FN2O6S. The van der Waals surface area contributed by atoms with Crippen molar-refractivity contribution in [1.29, 1.82) is 0 Å². The maximum Gasteiger partial charge on any atom is 0.348 e. The first-order chi connectivity index (χ1) is 15.9. The number of imide groups is 1. The van der Waals surface area contributed by atoms with Crippen molar-refractivity contribution in [3.05, 3.63) is 69.8 Å². The number of esters is 2. The van der Waals surface area contributed by atoms with E-state index >= 15 is 0 Å². The molecule has 1 aliphatic heterocycles. The first kappa shape index (κ1) is 22.4. The van der Waals surface area contributed by atoms with Crippen LogP contribution in [0.25, 0.3) is 10.1 Å². The zero-order valence-corrected chi connectivity index (χ0v) is 18.4. The van der Waals surface area contributed by atoms with Gasteiger partial charge in [-0.2, -0.15) is 0 Å². The van der Waals surface area contributed by atoms with Crippen LogP contribution in [0.4, 0.5) is 9.18 Å². The third kappa shape index (κ3) is 4.42. The van der Waals surface area contributed by atoms with Gasteiger partial charge in [-0.25, -0.2) is 18.8 Å². The van der Waals surface area contributed by atoms with Crippen LogP contribution in [0.15, 0.2) is 42.5 Å². The molecule has 0 unspecified atom stereocenters. The van der Waals surface area contributed by atoms with Crippen LogP contribution in [0, 0.1) is 5.82 Å². The Morgan fingerprint density at radius 3 is 2.61 bits per heavy atom. The molecule has 0 bridgehead atoms. The Kier molecular flexibility index (Phi) is 6.36. The number of carbonyl (C=O) groups excluding carboxylic acids is 4. The van der Waals surface area contributed by atoms with Crippen molar-refractivity contribution in [2.45, 2.75) is 20.1 Å². The molecular weight excluding hydrogens is 451 g/mol. The molecule has 4 rings (SSSR count). The van der Waals surface area contributed by atoms with Gasteiger partial charge in [0, 0.05) is 15.6 Å². The van der Waals surface area contributed by atoms with Crippen molar-refractivity contribution >= 4 is 45.3 Å². The van der Waals surface area contributed by atoms with E-state index in [4.69, 9.17) is 9.47 Å². The SMILES string of the molecule is CCOC(=O)c1sc2cccc(F)c2c1COC(=O)c1ccccc1CN1C(=O)CNC1=O. The average Bonchev–Trinajstić information content (AvgIpc) is 3.34. The van der Waals surface area contributed by atoms with Crippen LogP contribution >= 0.6 is 11.3 Å². The summed E-state index contributed by atoms with van der Waals surface area (Å²) in [5, 5.41) is 2.62. The molecule has 10 heteroatoms. The van der Waals surface area contributed by atoms with E-state index in [1.54, 1.807) is 31.2 Å². The molecule has 8 nitrogen and oxygen atoms in total. The largest absolute Gasteiger partial charge is 0.462 e. The first-order valence-corrected chi connectivity index (χ1v) is 10.9. The third-order valence-electron chi connectivity index (χ3n) is 5.07. The molecule has 33 heavy (non-hydrogen) atoms. The summed E-state index contributed by atoms with van der Waals surface area (Å²) in [5.74, 6) is -2.29. The van der Waals surface area contributed by atoms with Gasteiger partial charge in [-0.1, -0.05) is 24.3 Å². The van der Waals surface area contributed by atoms with Crippen LogP contribution in [-0.4, -0.2) is 41.9 Å². The molecule has 0 spiro atoms. The number of halogens is 1. The van der Waals surface area contributed by atoms with E-state index in [-0.39, 0.29) is 47.7 Å². The first-order valence-electron chi connectivity index (χ1n) is 10.1. The maximum absolute atomic E-state index is 14.6. The molecule has 1 saturated heterocycles. The minimum atomic E-state index is -0.733. The minimum Gasteiger partial charge on any atom is -0.462 e. The lowest BCUT2D eigenvalue weighted by Crippen LogP contribution is -2.31. The second-order valence-corrected chi connectivity index (χ2v) is 8.17. The summed E-state index contributed by atoms with van der Waals surface area (Å²) in [7, 11) is 0. The van der Waals surface area contributed by atoms with Gasteiger partial charge in [-0.3, -0.25) is 9.69 Å². The molecule has 0 atom stereocenters. The molecule has 1 fully saturated rings. The van der Waals surface area contributed by atoms with Crippen molar-refractivity contribution < 1.29 is 33.0 Å². The highest BCUT2D eigenvalue weighted by Gasteiger charge is 2.30. The lowest BCUT2D eigenvalue weighted by Gasteiger charge is -2.15. The molecule has 170 valence electrons. The Morgan fingerprint density at radius 1 is 1.09 bits per heavy atom. The van der Waals surface area contributed by atoms with E-state index in [2.05, 4.69) is 5.32 Å². The summed E-state index contributed by atoms with van der Waals surface area (Å²) in [4.78, 5) is 50.3. The van der Waals surface area contributed by atoms with Crippen LogP contribution in [-0.2, 0) is 27.4 Å². The van der Waals surface area contributed by atoms with E-state index in [1.807, 2.05) is 0 Å². The van der Waals surface area contributed by atoms with Gasteiger partial charge < -0.3 is 14.8 Å². The third-order valence-corrected chi connectivity index (χ3v) is 6.25. The highest BCUT2D eigenvalue weighted by Crippen LogP contribution is 2.34. The van der Waals surface area contributed by atoms with Gasteiger partial charge in [-0.05, 0) is 30.7 Å². The lowest BCUT2D eigenvalue weighted by atomic mass is 10.1. The number of rotatable bonds is 7. The van der Waals surface area contributed by atoms with Gasteiger partial charge in [0.25, 0.3) is 0 Å². The summed E-state index contributed by atoms with van der Waals surface area (Å²) in [6.07, 6.45) is 0. The van der Waals surface area contributed by atoms with Gasteiger partial charge >= 0.3 is 18.0 Å². The number of ether oxygens (including phenoxy) is 2. The molecule has 0 radical (unpaired) electrons. The van der Waals surface area contributed by atoms with Gasteiger partial charge in [0.05, 0.1) is 25.3 Å². The number of fused-ring (bicyclic) bond motifs is 1. The smallest absolute Gasteiger partial charge is 0.348 e. The Morgan fingerprint density at radius 2 is 1.88 bits per heavy atom. The number of thiophene rings is 1. The maximum atomic E-state index is 14.6. The van der Waals surface area contributed by atoms with Crippen molar-refractivity contribution in [2.24, 2.45) is 0 Å². The molecule has 1 aliphatic rings. The molecule has 1 N–H and O–H groups in total. The molecule has 3 aromatic rings. The van der Waals surface area contributed by atoms with E-state index in [0.717, 1.165) is 16.2 Å². The van der Waals surface area contributed by atoms with Crippen LogP contribution < -0.4 is 5.32 Å². The number of urea groups is 1. The molecule has 2 aromatic carbocycles. The summed E-state index contributed by atoms with van der Waals surface area (Å²) in [6.45, 7) is 1.25. The minimum absolute atomic E-state index is 0.0972. The van der Waals surface area contributed by atoms with Gasteiger partial charge in [0.15, 0.2) is 0 Å². The molecule has 2 heterocycles. The molecule has 3 amide bonds. The summed E-state index contributed by atoms with van der Waals surface area (Å²) in [5.41, 5.74) is 0.800. The number of nitrogens with one attached hydrogen (secondary N) is 1. The molecule has 0 aliphatic carbocycles. The number of carbonyl (C=O) groups is 4. The fourth-order valence-corrected chi connectivity index (χ4v) is 4.64. The Labute approximate surface area is 191 Å². The summed E-state index contributed by atoms with van der Waals surface area (Å²) < 4.78 is 25.6. The Balaban J connectivity index is 1.60. The standard InChI is InChI=1S/C23H19FN2O6S/c1-2-31-22(29)20-15(19-16(24)8-5-9-17(19)33-20)12-32-21(28)14-7-4-3-6-13(14)11-26-18(27)10-25-23(26)30/h3-9H,2,10-12H2,1H3,(H,25,30). The normalized spacial score (nSPS) is 13.3. The van der Waals surface area contributed by atoms with Gasteiger partial charge in [0.2, 0.25) is 5.91 Å². The van der Waals surface area contributed by atoms with E-state index < -0.39 is 29.7 Å². The predicted octanol–water partition coefficient (Wildman–Crippen LogP) is 3.63. The van der Waals surface area contributed by atoms with Crippen LogP contribution in [0.2, 0.25) is 0 Å². The molecule has 0 saturated carbocycles. The van der Waals surface area contributed by atoms with Crippen LogP contribution in [0.5, 0.6) is 0 Å². The van der Waals surface area contributed by atoms with Crippen molar-refractivity contribution in [2.75, 3.05) is 13.2 Å². The zero-order chi connectivity index (χ0) is 23.5. The Hall–Kier alpha value is -3.79. The number of nitrogens with zero attached hydrogens (tertiary/aromatic N) is 1. The van der Waals surface area contributed by atoms with E-state index in [9.17, 15) is 23.6 Å². The van der Waals surface area contributed by atoms with Crippen molar-refractivity contribution in [3.8, 4) is 0 Å². The number of amides is 3. The number of hydrogen-bond donors (Lipinski definition) is 1. The average molecular weight is 470 g/mol. The van der Waals surface area contributed by atoms with Crippen LogP contribution in [0.3, 0.4) is 0 Å². The Bertz CT molecular complexity index is 1260. The summed E-state index contributed by atoms with van der Waals surface area (Å²) >= 11 is 1.06. The van der Waals surface area contributed by atoms with E-state index in [0.29, 0.717) is 10.3 Å². The van der Waals surface area contributed by atoms with Crippen molar-refractivity contribution in [1.82, 2.24) is 10.2 Å². The number of hydrogen-bond acceptors (Lipinski definition) is 7. The topological polar surface area (TPSA) is 102 Å². The fraction of sp³-hybridized carbons (Fsp3) is 0.217. The second kappa shape index (κ2) is 9.37. The molecule has 1 aromatic heterocycles. The van der Waals surface area contributed by atoms with Gasteiger partial charge in [0.1, 0.15) is 17.3 Å². The van der Waals surface area contributed by atoms with E-state index in [1.165, 1.54) is 18.2 Å². The summed E-state index contributed by atoms with van der Waals surface area (Å²) in [6, 6.07) is 10.3. The quantitative estimate of drug-likeness (QED) is 0.418. The zero-order valence-electron chi connectivity index (χ0n) is 17.6. The highest BCUT2D eigenvalue weighted by molar-refractivity contribution is 7.21. The monoisotopic (exact) mass is 470 g/mol. The van der Waals surface area contributed by atoms with Crippen LogP contribution in [0.1, 0.15) is 38.1 Å². The second-order valence-electron chi connectivity index (χ2n) is 7.12. The number of benzene rings is 2. The predicted molar refractivity (Wildman–Crippen MR) is 117 cm³/mol. The lowest BCUT2D eigenvalue weighted by molar-refractivity contribution is -0.125. The van der Waals surface area contributed by atoms with Gasteiger partial charge in [-0.15, -0.1) is 11.3 Å².